The third-order valence-corrected chi connectivity index (χ3v) is 7.61. The molecule has 0 radical (unpaired) electrons. The van der Waals surface area contributed by atoms with E-state index in [4.69, 9.17) is 14.7 Å². The van der Waals surface area contributed by atoms with Crippen molar-refractivity contribution in [3.63, 3.8) is 0 Å². The van der Waals surface area contributed by atoms with E-state index in [-0.39, 0.29) is 42.1 Å². The first-order chi connectivity index (χ1) is 20.1. The average molecular weight is 590 g/mol. The third kappa shape index (κ3) is 8.03. The summed E-state index contributed by atoms with van der Waals surface area (Å²) in [7, 11) is 0. The molecule has 2 N–H and O–H groups in total. The van der Waals surface area contributed by atoms with Crippen LogP contribution in [0.25, 0.3) is 0 Å². The minimum atomic E-state index is -4.60. The minimum Gasteiger partial charge on any atom is -0.487 e. The Hall–Kier alpha value is -4.05. The number of ether oxygens (including phenoxy) is 2. The molecule has 4 rings (SSSR count). The number of carbonyl (C=O) groups excluding carboxylic acids is 1. The molecule has 0 spiro atoms. The molecule has 13 heteroatoms. The van der Waals surface area contributed by atoms with E-state index in [2.05, 4.69) is 10.6 Å². The lowest BCUT2D eigenvalue weighted by Crippen LogP contribution is -2.44. The molecule has 42 heavy (non-hydrogen) atoms. The van der Waals surface area contributed by atoms with Crippen LogP contribution in [0.15, 0.2) is 36.4 Å². The fraction of sp³-hybridized carbons (Fsp3) is 0.517. The molecule has 1 saturated heterocycles. The number of hydrogen-bond acceptors (Lipinski definition) is 8. The van der Waals surface area contributed by atoms with Crippen LogP contribution in [0.3, 0.4) is 0 Å². The van der Waals surface area contributed by atoms with Crippen molar-refractivity contribution < 1.29 is 32.4 Å². The van der Waals surface area contributed by atoms with Gasteiger partial charge in [-0.2, -0.15) is 18.4 Å². The topological polar surface area (TPSA) is 130 Å². The molecule has 0 bridgehead atoms. The van der Waals surface area contributed by atoms with E-state index < -0.39 is 22.2 Å². The van der Waals surface area contributed by atoms with Gasteiger partial charge in [0.15, 0.2) is 5.75 Å². The maximum Gasteiger partial charge on any atom is 0.417 e. The SMILES string of the molecule is CCOc1cc(NC2CCN(C(=O)COC3CCC(Nc4ccc(C#N)c(C(F)(F)F)c4)CC3)CC2)ccc1[N+](=O)[O-]. The van der Waals surface area contributed by atoms with Crippen LogP contribution in [0.2, 0.25) is 0 Å². The van der Waals surface area contributed by atoms with Crippen molar-refractivity contribution in [1.82, 2.24) is 4.90 Å². The van der Waals surface area contributed by atoms with Crippen LogP contribution < -0.4 is 15.4 Å². The molecule has 0 aromatic heterocycles. The Morgan fingerprint density at radius 2 is 1.67 bits per heavy atom. The highest BCUT2D eigenvalue weighted by atomic mass is 19.4. The van der Waals surface area contributed by atoms with Crippen LogP contribution in [0.5, 0.6) is 5.75 Å². The van der Waals surface area contributed by atoms with Crippen molar-refractivity contribution >= 4 is 23.0 Å². The fourth-order valence-corrected chi connectivity index (χ4v) is 5.39. The number of nitro groups is 1. The summed E-state index contributed by atoms with van der Waals surface area (Å²) in [6.07, 6.45) is -0.538. The lowest BCUT2D eigenvalue weighted by Gasteiger charge is -2.34. The fourth-order valence-electron chi connectivity index (χ4n) is 5.39. The number of amides is 1. The van der Waals surface area contributed by atoms with Gasteiger partial charge in [-0.15, -0.1) is 0 Å². The predicted octanol–water partition coefficient (Wildman–Crippen LogP) is 5.73. The highest BCUT2D eigenvalue weighted by Crippen LogP contribution is 2.35. The molecular formula is C29H34F3N5O5. The van der Waals surface area contributed by atoms with Gasteiger partial charge in [-0.3, -0.25) is 14.9 Å². The largest absolute Gasteiger partial charge is 0.487 e. The van der Waals surface area contributed by atoms with Crippen LogP contribution in [0, 0.1) is 21.4 Å². The van der Waals surface area contributed by atoms with Gasteiger partial charge >= 0.3 is 11.9 Å². The smallest absolute Gasteiger partial charge is 0.417 e. The van der Waals surface area contributed by atoms with Crippen molar-refractivity contribution in [3.8, 4) is 11.8 Å². The van der Waals surface area contributed by atoms with E-state index in [0.29, 0.717) is 51.1 Å². The number of anilines is 2. The molecular weight excluding hydrogens is 555 g/mol. The highest BCUT2D eigenvalue weighted by molar-refractivity contribution is 5.77. The average Bonchev–Trinajstić information content (AvgIpc) is 2.97. The van der Waals surface area contributed by atoms with Crippen molar-refractivity contribution in [2.24, 2.45) is 0 Å². The molecule has 2 aromatic rings. The molecule has 2 aromatic carbocycles. The third-order valence-electron chi connectivity index (χ3n) is 7.61. The number of halogens is 3. The van der Waals surface area contributed by atoms with Crippen LogP contribution in [0.1, 0.15) is 56.6 Å². The second-order valence-corrected chi connectivity index (χ2v) is 10.5. The molecule has 1 heterocycles. The number of nitro benzene ring substituents is 1. The van der Waals surface area contributed by atoms with Gasteiger partial charge in [0.05, 0.1) is 34.8 Å². The van der Waals surface area contributed by atoms with Gasteiger partial charge in [-0.05, 0) is 69.7 Å². The first-order valence-electron chi connectivity index (χ1n) is 14.0. The summed E-state index contributed by atoms with van der Waals surface area (Å²) in [4.78, 5) is 25.3. The molecule has 2 fully saturated rings. The highest BCUT2D eigenvalue weighted by Gasteiger charge is 2.34. The molecule has 226 valence electrons. The molecule has 1 saturated carbocycles. The summed E-state index contributed by atoms with van der Waals surface area (Å²) >= 11 is 0. The standard InChI is InChI=1S/C29H34F3N5O5/c1-2-41-27-16-23(7-10-26(27)37(39)40)35-21-11-13-36(14-12-21)28(38)18-42-24-8-5-20(6-9-24)34-22-4-3-19(17-33)25(15-22)29(30,31)32/h3-4,7,10,15-16,20-21,24,34-35H,2,5-6,8-9,11-14,18H2,1H3. The normalized spacial score (nSPS) is 19.5. The van der Waals surface area contributed by atoms with Crippen LogP contribution in [0.4, 0.5) is 30.2 Å². The summed E-state index contributed by atoms with van der Waals surface area (Å²) in [5, 5.41) is 26.7. The van der Waals surface area contributed by atoms with Crippen molar-refractivity contribution in [3.05, 3.63) is 57.6 Å². The summed E-state index contributed by atoms with van der Waals surface area (Å²) in [5.74, 6) is 0.131. The van der Waals surface area contributed by atoms with Gasteiger partial charge in [0.1, 0.15) is 6.61 Å². The quantitative estimate of drug-likeness (QED) is 0.266. The number of carbonyl (C=O) groups is 1. The number of benzene rings is 2. The Kier molecular flexibility index (Phi) is 10.1. The van der Waals surface area contributed by atoms with E-state index in [1.807, 2.05) is 0 Å². The second-order valence-electron chi connectivity index (χ2n) is 10.5. The molecule has 1 amide bonds. The maximum atomic E-state index is 13.3. The summed E-state index contributed by atoms with van der Waals surface area (Å²) in [5.41, 5.74) is -0.397. The predicted molar refractivity (Wildman–Crippen MR) is 149 cm³/mol. The summed E-state index contributed by atoms with van der Waals surface area (Å²) < 4.78 is 51.1. The zero-order valence-electron chi connectivity index (χ0n) is 23.3. The van der Waals surface area contributed by atoms with Gasteiger partial charge in [-0.1, -0.05) is 0 Å². The molecule has 1 aliphatic carbocycles. The molecule has 1 aliphatic heterocycles. The lowest BCUT2D eigenvalue weighted by molar-refractivity contribution is -0.385. The zero-order valence-corrected chi connectivity index (χ0v) is 23.3. The Morgan fingerprint density at radius 3 is 2.26 bits per heavy atom. The van der Waals surface area contributed by atoms with Gasteiger partial charge in [0, 0.05) is 48.7 Å². The summed E-state index contributed by atoms with van der Waals surface area (Å²) in [6.45, 7) is 3.18. The number of likely N-dealkylation sites (tertiary alicyclic amines) is 1. The van der Waals surface area contributed by atoms with E-state index >= 15 is 0 Å². The number of hydrogen-bond donors (Lipinski definition) is 2. The van der Waals surface area contributed by atoms with Crippen LogP contribution in [-0.2, 0) is 15.7 Å². The number of rotatable bonds is 10. The van der Waals surface area contributed by atoms with Crippen molar-refractivity contribution in [2.75, 3.05) is 36.9 Å². The zero-order chi connectivity index (χ0) is 30.3. The monoisotopic (exact) mass is 589 g/mol. The number of nitrogens with zero attached hydrogens (tertiary/aromatic N) is 3. The van der Waals surface area contributed by atoms with E-state index in [1.54, 1.807) is 30.0 Å². The lowest BCUT2D eigenvalue weighted by atomic mass is 9.92. The molecule has 2 aliphatic rings. The van der Waals surface area contributed by atoms with E-state index in [0.717, 1.165) is 24.6 Å². The number of nitriles is 1. The van der Waals surface area contributed by atoms with Crippen molar-refractivity contribution in [2.45, 2.75) is 69.8 Å². The Morgan fingerprint density at radius 1 is 1.05 bits per heavy atom. The second kappa shape index (κ2) is 13.7. The van der Waals surface area contributed by atoms with E-state index in [9.17, 15) is 28.1 Å². The van der Waals surface area contributed by atoms with Gasteiger partial charge in [0.25, 0.3) is 0 Å². The molecule has 10 nitrogen and oxygen atoms in total. The minimum absolute atomic E-state index is 0.0223. The Balaban J connectivity index is 1.18. The van der Waals surface area contributed by atoms with E-state index in [1.165, 1.54) is 18.2 Å². The van der Waals surface area contributed by atoms with Gasteiger partial charge in [-0.25, -0.2) is 0 Å². The molecule has 0 unspecified atom stereocenters. The van der Waals surface area contributed by atoms with Gasteiger partial charge < -0.3 is 25.0 Å². The summed E-state index contributed by atoms with van der Waals surface area (Å²) in [6, 6.07) is 10.0. The number of piperidine rings is 1. The maximum absolute atomic E-state index is 13.3. The van der Waals surface area contributed by atoms with Gasteiger partial charge in [0.2, 0.25) is 5.91 Å². The first kappa shape index (κ1) is 30.9. The Bertz CT molecular complexity index is 1300. The molecule has 0 atom stereocenters. The van der Waals surface area contributed by atoms with Crippen LogP contribution >= 0.6 is 0 Å². The number of nitrogens with one attached hydrogen (secondary N) is 2. The van der Waals surface area contributed by atoms with Crippen molar-refractivity contribution in [1.29, 1.82) is 5.26 Å². The Labute approximate surface area is 241 Å². The van der Waals surface area contributed by atoms with Crippen LogP contribution in [-0.4, -0.2) is 60.2 Å². The number of alkyl halides is 3. The first-order valence-corrected chi connectivity index (χ1v) is 14.0.